The third-order valence-electron chi connectivity index (χ3n) is 4.05. The molecule has 2 rings (SSSR count). The molecule has 21 heavy (non-hydrogen) atoms. The molecular formula is C15H24N2O3S. The van der Waals surface area contributed by atoms with Crippen LogP contribution in [-0.4, -0.2) is 57.5 Å². The first kappa shape index (κ1) is 16.3. The van der Waals surface area contributed by atoms with E-state index in [1.165, 1.54) is 0 Å². The predicted molar refractivity (Wildman–Crippen MR) is 83.3 cm³/mol. The Bertz CT molecular complexity index is 582. The lowest BCUT2D eigenvalue weighted by Gasteiger charge is -2.33. The normalized spacial score (nSPS) is 17.9. The van der Waals surface area contributed by atoms with Gasteiger partial charge >= 0.3 is 0 Å². The van der Waals surface area contributed by atoms with Gasteiger partial charge in [-0.1, -0.05) is 6.92 Å². The fourth-order valence-electron chi connectivity index (χ4n) is 2.85. The molecule has 1 aromatic carbocycles. The summed E-state index contributed by atoms with van der Waals surface area (Å²) in [5.74, 6) is 0.694. The number of hydrogen-bond acceptors (Lipinski definition) is 4. The molecule has 0 aliphatic carbocycles. The lowest BCUT2D eigenvalue weighted by molar-refractivity contribution is 0.196. The Morgan fingerprint density at radius 1 is 1.10 bits per heavy atom. The van der Waals surface area contributed by atoms with E-state index in [0.29, 0.717) is 23.7 Å². The minimum absolute atomic E-state index is 0.424. The summed E-state index contributed by atoms with van der Waals surface area (Å²) >= 11 is 0. The summed E-state index contributed by atoms with van der Waals surface area (Å²) in [6.07, 6.45) is 0. The number of likely N-dealkylation sites (N-methyl/N-ethyl adjacent to an activating group) is 1. The third-order valence-corrected chi connectivity index (χ3v) is 6.25. The Hall–Kier alpha value is -1.11. The SMILES string of the molecule is CCN1CCN(S(=O)(=O)c2c(C)cc(OC)cc2C)CC1. The Kier molecular flexibility index (Phi) is 4.91. The summed E-state index contributed by atoms with van der Waals surface area (Å²) in [5.41, 5.74) is 1.48. The van der Waals surface area contributed by atoms with Crippen LogP contribution in [0.25, 0.3) is 0 Å². The van der Waals surface area contributed by atoms with Gasteiger partial charge in [-0.15, -0.1) is 0 Å². The van der Waals surface area contributed by atoms with Crippen LogP contribution >= 0.6 is 0 Å². The van der Waals surface area contributed by atoms with E-state index < -0.39 is 10.0 Å². The number of aryl methyl sites for hydroxylation is 2. The van der Waals surface area contributed by atoms with Crippen molar-refractivity contribution in [1.29, 1.82) is 0 Å². The molecule has 1 aliphatic heterocycles. The minimum atomic E-state index is -3.43. The smallest absolute Gasteiger partial charge is 0.243 e. The molecule has 0 saturated carbocycles. The van der Waals surface area contributed by atoms with E-state index in [4.69, 9.17) is 4.74 Å². The molecule has 1 aromatic rings. The third kappa shape index (κ3) is 3.22. The van der Waals surface area contributed by atoms with Gasteiger partial charge < -0.3 is 9.64 Å². The minimum Gasteiger partial charge on any atom is -0.497 e. The number of benzene rings is 1. The Morgan fingerprint density at radius 3 is 2.05 bits per heavy atom. The molecule has 1 saturated heterocycles. The van der Waals surface area contributed by atoms with E-state index >= 15 is 0 Å². The second-order valence-corrected chi connectivity index (χ2v) is 7.30. The van der Waals surface area contributed by atoms with Crippen LogP contribution in [-0.2, 0) is 10.0 Å². The van der Waals surface area contributed by atoms with Crippen molar-refractivity contribution < 1.29 is 13.2 Å². The van der Waals surface area contributed by atoms with Gasteiger partial charge in [0.25, 0.3) is 0 Å². The molecule has 0 spiro atoms. The van der Waals surface area contributed by atoms with Crippen molar-refractivity contribution in [2.24, 2.45) is 0 Å². The van der Waals surface area contributed by atoms with E-state index in [2.05, 4.69) is 11.8 Å². The maximum Gasteiger partial charge on any atom is 0.243 e. The van der Waals surface area contributed by atoms with Crippen LogP contribution in [0.2, 0.25) is 0 Å². The van der Waals surface area contributed by atoms with E-state index in [1.54, 1.807) is 23.5 Å². The van der Waals surface area contributed by atoms with Crippen molar-refractivity contribution in [2.75, 3.05) is 39.8 Å². The molecule has 0 aromatic heterocycles. The number of rotatable bonds is 4. The lowest BCUT2D eigenvalue weighted by atomic mass is 10.1. The van der Waals surface area contributed by atoms with Gasteiger partial charge in [-0.2, -0.15) is 4.31 Å². The summed E-state index contributed by atoms with van der Waals surface area (Å²) in [5, 5.41) is 0. The molecule has 1 aliphatic rings. The van der Waals surface area contributed by atoms with E-state index in [-0.39, 0.29) is 0 Å². The van der Waals surface area contributed by atoms with Crippen molar-refractivity contribution >= 4 is 10.0 Å². The van der Waals surface area contributed by atoms with Crippen molar-refractivity contribution in [3.8, 4) is 5.75 Å². The summed E-state index contributed by atoms with van der Waals surface area (Å²) in [6.45, 7) is 9.42. The van der Waals surface area contributed by atoms with Crippen LogP contribution in [0, 0.1) is 13.8 Å². The average molecular weight is 312 g/mol. The zero-order valence-electron chi connectivity index (χ0n) is 13.2. The van der Waals surface area contributed by atoms with Crippen LogP contribution < -0.4 is 4.74 Å². The predicted octanol–water partition coefficient (Wildman–Crippen LogP) is 1.64. The maximum absolute atomic E-state index is 12.9. The fourth-order valence-corrected chi connectivity index (χ4v) is 4.68. The first-order valence-electron chi connectivity index (χ1n) is 7.28. The van der Waals surface area contributed by atoms with Crippen molar-refractivity contribution in [2.45, 2.75) is 25.7 Å². The highest BCUT2D eigenvalue weighted by Gasteiger charge is 2.30. The summed E-state index contributed by atoms with van der Waals surface area (Å²) in [4.78, 5) is 2.69. The van der Waals surface area contributed by atoms with Crippen LogP contribution in [0.15, 0.2) is 17.0 Å². The van der Waals surface area contributed by atoms with Gasteiger partial charge in [0, 0.05) is 26.2 Å². The maximum atomic E-state index is 12.9. The molecule has 6 heteroatoms. The molecular weight excluding hydrogens is 288 g/mol. The van der Waals surface area contributed by atoms with Gasteiger partial charge in [-0.05, 0) is 43.7 Å². The molecule has 1 heterocycles. The fraction of sp³-hybridized carbons (Fsp3) is 0.600. The Labute approximate surface area is 127 Å². The first-order chi connectivity index (χ1) is 9.90. The molecule has 5 nitrogen and oxygen atoms in total. The zero-order valence-corrected chi connectivity index (χ0v) is 14.0. The molecule has 0 bridgehead atoms. The molecule has 118 valence electrons. The molecule has 0 radical (unpaired) electrons. The summed E-state index contributed by atoms with van der Waals surface area (Å²) < 4.78 is 32.6. The number of piperazine rings is 1. The van der Waals surface area contributed by atoms with E-state index in [0.717, 1.165) is 30.8 Å². The van der Waals surface area contributed by atoms with Gasteiger partial charge in [0.2, 0.25) is 10.0 Å². The monoisotopic (exact) mass is 312 g/mol. The van der Waals surface area contributed by atoms with Gasteiger partial charge in [-0.25, -0.2) is 8.42 Å². The number of methoxy groups -OCH3 is 1. The van der Waals surface area contributed by atoms with Crippen LogP contribution in [0.1, 0.15) is 18.1 Å². The Morgan fingerprint density at radius 2 is 1.62 bits per heavy atom. The Balaban J connectivity index is 2.32. The van der Waals surface area contributed by atoms with E-state index in [1.807, 2.05) is 13.8 Å². The van der Waals surface area contributed by atoms with Crippen LogP contribution in [0.5, 0.6) is 5.75 Å². The summed E-state index contributed by atoms with van der Waals surface area (Å²) in [7, 11) is -1.84. The zero-order chi connectivity index (χ0) is 15.6. The summed E-state index contributed by atoms with van der Waals surface area (Å²) in [6, 6.07) is 3.56. The quantitative estimate of drug-likeness (QED) is 0.848. The largest absolute Gasteiger partial charge is 0.497 e. The van der Waals surface area contributed by atoms with Gasteiger partial charge in [0.1, 0.15) is 5.75 Å². The molecule has 0 unspecified atom stereocenters. The highest BCUT2D eigenvalue weighted by atomic mass is 32.2. The highest BCUT2D eigenvalue weighted by Crippen LogP contribution is 2.28. The van der Waals surface area contributed by atoms with Gasteiger partial charge in [0.05, 0.1) is 12.0 Å². The molecule has 0 amide bonds. The van der Waals surface area contributed by atoms with Gasteiger partial charge in [-0.3, -0.25) is 0 Å². The highest BCUT2D eigenvalue weighted by molar-refractivity contribution is 7.89. The van der Waals surface area contributed by atoms with Crippen molar-refractivity contribution in [3.05, 3.63) is 23.3 Å². The number of nitrogens with zero attached hydrogens (tertiary/aromatic N) is 2. The standard InChI is InChI=1S/C15H24N2O3S/c1-5-16-6-8-17(9-7-16)21(18,19)15-12(2)10-14(20-4)11-13(15)3/h10-11H,5-9H2,1-4H3. The molecule has 0 N–H and O–H groups in total. The number of ether oxygens (including phenoxy) is 1. The number of sulfonamides is 1. The first-order valence-corrected chi connectivity index (χ1v) is 8.72. The van der Waals surface area contributed by atoms with Crippen molar-refractivity contribution in [1.82, 2.24) is 9.21 Å². The van der Waals surface area contributed by atoms with E-state index in [9.17, 15) is 8.42 Å². The van der Waals surface area contributed by atoms with Crippen LogP contribution in [0.3, 0.4) is 0 Å². The lowest BCUT2D eigenvalue weighted by Crippen LogP contribution is -2.48. The molecule has 1 fully saturated rings. The molecule has 0 atom stereocenters. The topological polar surface area (TPSA) is 49.9 Å². The number of hydrogen-bond donors (Lipinski definition) is 0. The second kappa shape index (κ2) is 6.34. The second-order valence-electron chi connectivity index (χ2n) is 5.43. The van der Waals surface area contributed by atoms with Gasteiger partial charge in [0.15, 0.2) is 0 Å². The van der Waals surface area contributed by atoms with Crippen molar-refractivity contribution in [3.63, 3.8) is 0 Å². The average Bonchev–Trinajstić information content (AvgIpc) is 2.46. The van der Waals surface area contributed by atoms with Crippen LogP contribution in [0.4, 0.5) is 0 Å².